The summed E-state index contributed by atoms with van der Waals surface area (Å²) in [6.45, 7) is 12.6. The van der Waals surface area contributed by atoms with Gasteiger partial charge in [0.2, 0.25) is 0 Å². The second-order valence-corrected chi connectivity index (χ2v) is 8.91. The number of benzene rings is 1. The van der Waals surface area contributed by atoms with Crippen LogP contribution in [0, 0.1) is 19.3 Å². The number of rotatable bonds is 3. The standard InChI is InChI=1S/C23H32N4O/c1-15-7-6-8-16(2)20(15)21-25-18-9-11-24-13-17(18)22(26-21)27-12-10-19(28-5)23(3,4)14-27/h6-8,19,24H,9-14H2,1-5H3. The minimum Gasteiger partial charge on any atom is -0.381 e. The molecule has 1 atom stereocenters. The molecule has 5 nitrogen and oxygen atoms in total. The minimum atomic E-state index is 0.0890. The Morgan fingerprint density at radius 2 is 1.93 bits per heavy atom. The molecule has 1 unspecified atom stereocenters. The summed E-state index contributed by atoms with van der Waals surface area (Å²) in [5, 5.41) is 3.51. The van der Waals surface area contributed by atoms with Gasteiger partial charge in [0.1, 0.15) is 5.82 Å². The molecule has 1 fully saturated rings. The maximum Gasteiger partial charge on any atom is 0.162 e. The van der Waals surface area contributed by atoms with E-state index in [2.05, 4.69) is 56.1 Å². The number of aryl methyl sites for hydroxylation is 2. The minimum absolute atomic E-state index is 0.0890. The van der Waals surface area contributed by atoms with Crippen LogP contribution >= 0.6 is 0 Å². The monoisotopic (exact) mass is 380 g/mol. The summed E-state index contributed by atoms with van der Waals surface area (Å²) in [6, 6.07) is 6.41. The summed E-state index contributed by atoms with van der Waals surface area (Å²) in [5.41, 5.74) is 6.21. The molecule has 150 valence electrons. The Hall–Kier alpha value is -1.98. The van der Waals surface area contributed by atoms with E-state index in [0.717, 1.165) is 50.7 Å². The summed E-state index contributed by atoms with van der Waals surface area (Å²) in [7, 11) is 1.83. The van der Waals surface area contributed by atoms with Crippen molar-refractivity contribution in [1.82, 2.24) is 15.3 Å². The Morgan fingerprint density at radius 1 is 1.18 bits per heavy atom. The van der Waals surface area contributed by atoms with E-state index in [1.165, 1.54) is 27.9 Å². The van der Waals surface area contributed by atoms with Crippen LogP contribution in [0.25, 0.3) is 11.4 Å². The topological polar surface area (TPSA) is 50.3 Å². The number of aromatic nitrogens is 2. The van der Waals surface area contributed by atoms with E-state index in [4.69, 9.17) is 14.7 Å². The molecular weight excluding hydrogens is 348 g/mol. The van der Waals surface area contributed by atoms with Crippen molar-refractivity contribution in [1.29, 1.82) is 0 Å². The first-order valence-electron chi connectivity index (χ1n) is 10.4. The van der Waals surface area contributed by atoms with Gasteiger partial charge in [-0.2, -0.15) is 0 Å². The van der Waals surface area contributed by atoms with Crippen molar-refractivity contribution in [2.24, 2.45) is 5.41 Å². The highest BCUT2D eigenvalue weighted by molar-refractivity contribution is 5.67. The lowest BCUT2D eigenvalue weighted by molar-refractivity contribution is -0.00647. The zero-order chi connectivity index (χ0) is 19.9. The van der Waals surface area contributed by atoms with Gasteiger partial charge in [0.05, 0.1) is 11.8 Å². The second-order valence-electron chi connectivity index (χ2n) is 8.91. The van der Waals surface area contributed by atoms with Crippen LogP contribution in [0.5, 0.6) is 0 Å². The van der Waals surface area contributed by atoms with Crippen molar-refractivity contribution in [3.8, 4) is 11.4 Å². The summed E-state index contributed by atoms with van der Waals surface area (Å²) in [6.07, 6.45) is 2.27. The number of hydrogen-bond donors (Lipinski definition) is 1. The summed E-state index contributed by atoms with van der Waals surface area (Å²) in [4.78, 5) is 12.6. The summed E-state index contributed by atoms with van der Waals surface area (Å²) in [5.74, 6) is 1.98. The maximum absolute atomic E-state index is 5.76. The molecule has 0 amide bonds. The van der Waals surface area contributed by atoms with Crippen molar-refractivity contribution in [3.05, 3.63) is 40.6 Å². The number of nitrogens with one attached hydrogen (secondary N) is 1. The number of piperidine rings is 1. The maximum atomic E-state index is 5.76. The van der Waals surface area contributed by atoms with Crippen LogP contribution in [-0.2, 0) is 17.7 Å². The molecule has 0 radical (unpaired) electrons. The molecule has 2 aromatic rings. The molecule has 3 heterocycles. The summed E-state index contributed by atoms with van der Waals surface area (Å²) >= 11 is 0. The third-order valence-corrected chi connectivity index (χ3v) is 6.33. The fourth-order valence-corrected chi connectivity index (χ4v) is 4.82. The van der Waals surface area contributed by atoms with Crippen LogP contribution in [0.2, 0.25) is 0 Å². The SMILES string of the molecule is COC1CCN(c2nc(-c3c(C)cccc3C)nc3c2CNCC3)CC1(C)C. The fourth-order valence-electron chi connectivity index (χ4n) is 4.82. The Balaban J connectivity index is 1.81. The Labute approximate surface area is 168 Å². The van der Waals surface area contributed by atoms with Gasteiger partial charge in [-0.15, -0.1) is 0 Å². The van der Waals surface area contributed by atoms with Crippen LogP contribution < -0.4 is 10.2 Å². The van der Waals surface area contributed by atoms with Crippen LogP contribution in [0.3, 0.4) is 0 Å². The average Bonchev–Trinajstić information content (AvgIpc) is 2.66. The van der Waals surface area contributed by atoms with Crippen LogP contribution in [0.4, 0.5) is 5.82 Å². The highest BCUT2D eigenvalue weighted by atomic mass is 16.5. The molecule has 2 aliphatic rings. The lowest BCUT2D eigenvalue weighted by Gasteiger charge is -2.44. The molecule has 0 aliphatic carbocycles. The Bertz CT molecular complexity index is 857. The Morgan fingerprint density at radius 3 is 2.61 bits per heavy atom. The number of hydrogen-bond acceptors (Lipinski definition) is 5. The van der Waals surface area contributed by atoms with E-state index in [1.807, 2.05) is 7.11 Å². The molecule has 28 heavy (non-hydrogen) atoms. The molecular formula is C23H32N4O. The average molecular weight is 381 g/mol. The van der Waals surface area contributed by atoms with Crippen molar-refractivity contribution in [3.63, 3.8) is 0 Å². The molecule has 1 saturated heterocycles. The van der Waals surface area contributed by atoms with E-state index < -0.39 is 0 Å². The van der Waals surface area contributed by atoms with Gasteiger partial charge in [-0.3, -0.25) is 0 Å². The smallest absolute Gasteiger partial charge is 0.162 e. The zero-order valence-corrected chi connectivity index (χ0v) is 17.8. The van der Waals surface area contributed by atoms with E-state index in [0.29, 0.717) is 0 Å². The second kappa shape index (κ2) is 7.45. The quantitative estimate of drug-likeness (QED) is 0.881. The largest absolute Gasteiger partial charge is 0.381 e. The number of methoxy groups -OCH3 is 1. The Kier molecular flexibility index (Phi) is 5.15. The van der Waals surface area contributed by atoms with Crippen molar-refractivity contribution in [2.45, 2.75) is 53.2 Å². The van der Waals surface area contributed by atoms with E-state index in [-0.39, 0.29) is 11.5 Å². The van der Waals surface area contributed by atoms with Gasteiger partial charge in [0.15, 0.2) is 5.82 Å². The van der Waals surface area contributed by atoms with Crippen molar-refractivity contribution < 1.29 is 4.74 Å². The molecule has 0 saturated carbocycles. The first-order chi connectivity index (χ1) is 13.4. The van der Waals surface area contributed by atoms with Crippen LogP contribution in [0.15, 0.2) is 18.2 Å². The molecule has 2 aliphatic heterocycles. The molecule has 4 rings (SSSR count). The first kappa shape index (κ1) is 19.3. The lowest BCUT2D eigenvalue weighted by Crippen LogP contribution is -2.50. The first-order valence-corrected chi connectivity index (χ1v) is 10.4. The number of fused-ring (bicyclic) bond motifs is 1. The van der Waals surface area contributed by atoms with Crippen LogP contribution in [-0.4, -0.2) is 42.8 Å². The predicted octanol–water partition coefficient (Wildman–Crippen LogP) is 3.66. The van der Waals surface area contributed by atoms with E-state index in [1.54, 1.807) is 0 Å². The molecule has 1 N–H and O–H groups in total. The number of nitrogens with zero attached hydrogens (tertiary/aromatic N) is 3. The molecule has 5 heteroatoms. The van der Waals surface area contributed by atoms with Gasteiger partial charge in [0, 0.05) is 56.3 Å². The van der Waals surface area contributed by atoms with Gasteiger partial charge in [0.25, 0.3) is 0 Å². The predicted molar refractivity (Wildman–Crippen MR) is 114 cm³/mol. The van der Waals surface area contributed by atoms with E-state index in [9.17, 15) is 0 Å². The van der Waals surface area contributed by atoms with Gasteiger partial charge >= 0.3 is 0 Å². The number of anilines is 1. The molecule has 1 aromatic heterocycles. The normalized spacial score (nSPS) is 21.5. The van der Waals surface area contributed by atoms with Gasteiger partial charge in [-0.25, -0.2) is 9.97 Å². The fraction of sp³-hybridized carbons (Fsp3) is 0.565. The highest BCUT2D eigenvalue weighted by Crippen LogP contribution is 2.36. The van der Waals surface area contributed by atoms with Crippen LogP contribution in [0.1, 0.15) is 42.7 Å². The third-order valence-electron chi connectivity index (χ3n) is 6.33. The molecule has 0 bridgehead atoms. The van der Waals surface area contributed by atoms with Crippen molar-refractivity contribution in [2.75, 3.05) is 31.6 Å². The van der Waals surface area contributed by atoms with E-state index >= 15 is 0 Å². The molecule has 1 aromatic carbocycles. The third kappa shape index (κ3) is 3.42. The highest BCUT2D eigenvalue weighted by Gasteiger charge is 2.37. The van der Waals surface area contributed by atoms with Gasteiger partial charge < -0.3 is 15.0 Å². The van der Waals surface area contributed by atoms with Gasteiger partial charge in [-0.1, -0.05) is 32.0 Å². The van der Waals surface area contributed by atoms with Crippen molar-refractivity contribution >= 4 is 5.82 Å². The molecule has 0 spiro atoms. The summed E-state index contributed by atoms with van der Waals surface area (Å²) < 4.78 is 5.76. The lowest BCUT2D eigenvalue weighted by atomic mass is 9.81. The number of ether oxygens (including phenoxy) is 1. The van der Waals surface area contributed by atoms with Gasteiger partial charge in [-0.05, 0) is 31.4 Å². The zero-order valence-electron chi connectivity index (χ0n) is 17.8.